The van der Waals surface area contributed by atoms with E-state index in [1.54, 1.807) is 25.8 Å². The first-order valence-electron chi connectivity index (χ1n) is 5.64. The summed E-state index contributed by atoms with van der Waals surface area (Å²) in [5, 5.41) is 5.62. The van der Waals surface area contributed by atoms with Crippen molar-refractivity contribution in [2.75, 3.05) is 26.7 Å². The van der Waals surface area contributed by atoms with E-state index in [1.807, 2.05) is 13.8 Å². The van der Waals surface area contributed by atoms with Crippen LogP contribution >= 0.6 is 0 Å². The van der Waals surface area contributed by atoms with Crippen molar-refractivity contribution in [1.29, 1.82) is 0 Å². The molecule has 2 amide bonds. The summed E-state index contributed by atoms with van der Waals surface area (Å²) in [7, 11) is 1.73. The molecule has 0 saturated heterocycles. The van der Waals surface area contributed by atoms with Crippen molar-refractivity contribution in [3.05, 3.63) is 0 Å². The van der Waals surface area contributed by atoms with Gasteiger partial charge in [0.25, 0.3) is 0 Å². The first-order valence-corrected chi connectivity index (χ1v) is 5.64. The highest BCUT2D eigenvalue weighted by molar-refractivity contribution is 5.89. The maximum Gasteiger partial charge on any atom is 0.242 e. The van der Waals surface area contributed by atoms with E-state index < -0.39 is 5.54 Å². The van der Waals surface area contributed by atoms with E-state index in [9.17, 15) is 9.59 Å². The minimum atomic E-state index is -0.636. The van der Waals surface area contributed by atoms with Gasteiger partial charge in [-0.1, -0.05) is 0 Å². The molecule has 0 aliphatic rings. The Balaban J connectivity index is 4.50. The molecule has 5 nitrogen and oxygen atoms in total. The number of likely N-dealkylation sites (N-methyl/N-ethyl adjacent to an activating group) is 3. The second-order valence-electron chi connectivity index (χ2n) is 4.15. The largest absolute Gasteiger partial charge is 0.355 e. The zero-order valence-electron chi connectivity index (χ0n) is 10.9. The lowest BCUT2D eigenvalue weighted by Crippen LogP contribution is -2.54. The van der Waals surface area contributed by atoms with E-state index in [4.69, 9.17) is 0 Å². The van der Waals surface area contributed by atoms with Crippen LogP contribution in [0.1, 0.15) is 27.7 Å². The Kier molecular flexibility index (Phi) is 6.03. The normalized spacial score (nSPS) is 11.1. The molecule has 0 saturated carbocycles. The van der Waals surface area contributed by atoms with E-state index in [0.29, 0.717) is 13.1 Å². The van der Waals surface area contributed by atoms with Crippen LogP contribution in [0.4, 0.5) is 0 Å². The zero-order chi connectivity index (χ0) is 12.8. The molecule has 0 aromatic carbocycles. The lowest BCUT2D eigenvalue weighted by atomic mass is 10.0. The van der Waals surface area contributed by atoms with Crippen LogP contribution in [0.2, 0.25) is 0 Å². The Morgan fingerprint density at radius 1 is 1.25 bits per heavy atom. The van der Waals surface area contributed by atoms with Gasteiger partial charge in [-0.15, -0.1) is 0 Å². The first-order chi connectivity index (χ1) is 7.38. The van der Waals surface area contributed by atoms with Gasteiger partial charge in [0, 0.05) is 13.1 Å². The number of carbonyl (C=O) groups is 2. The number of rotatable bonds is 6. The van der Waals surface area contributed by atoms with Gasteiger partial charge in [-0.3, -0.25) is 9.59 Å². The first kappa shape index (κ1) is 14.9. The maximum absolute atomic E-state index is 12.1. The van der Waals surface area contributed by atoms with Crippen LogP contribution in [0.5, 0.6) is 0 Å². The smallest absolute Gasteiger partial charge is 0.242 e. The maximum atomic E-state index is 12.1. The molecular formula is C11H23N3O2. The quantitative estimate of drug-likeness (QED) is 0.672. The van der Waals surface area contributed by atoms with Crippen molar-refractivity contribution in [2.45, 2.75) is 33.2 Å². The molecule has 0 aromatic heterocycles. The summed E-state index contributed by atoms with van der Waals surface area (Å²) in [5.74, 6) is -0.187. The van der Waals surface area contributed by atoms with Gasteiger partial charge in [-0.05, 0) is 34.7 Å². The summed E-state index contributed by atoms with van der Waals surface area (Å²) in [4.78, 5) is 25.0. The number of carbonyl (C=O) groups excluding carboxylic acids is 2. The third-order valence-electron chi connectivity index (χ3n) is 2.54. The second-order valence-corrected chi connectivity index (χ2v) is 4.15. The molecule has 94 valence electrons. The lowest BCUT2D eigenvalue weighted by Gasteiger charge is -2.30. The highest BCUT2D eigenvalue weighted by atomic mass is 16.2. The molecule has 2 N–H and O–H groups in total. The minimum absolute atomic E-state index is 0.0660. The number of nitrogens with one attached hydrogen (secondary N) is 2. The topological polar surface area (TPSA) is 61.4 Å². The molecule has 0 aliphatic heterocycles. The summed E-state index contributed by atoms with van der Waals surface area (Å²) >= 11 is 0. The molecule has 0 heterocycles. The van der Waals surface area contributed by atoms with Crippen molar-refractivity contribution < 1.29 is 9.59 Å². The highest BCUT2D eigenvalue weighted by Crippen LogP contribution is 2.06. The van der Waals surface area contributed by atoms with Gasteiger partial charge in [-0.2, -0.15) is 0 Å². The van der Waals surface area contributed by atoms with E-state index in [-0.39, 0.29) is 18.4 Å². The summed E-state index contributed by atoms with van der Waals surface area (Å²) in [6, 6.07) is 0. The van der Waals surface area contributed by atoms with Crippen LogP contribution in [0.15, 0.2) is 0 Å². The predicted octanol–water partition coefficient (Wildman–Crippen LogP) is -0.0310. The molecule has 5 heteroatoms. The van der Waals surface area contributed by atoms with Crippen LogP contribution in [-0.4, -0.2) is 48.9 Å². The Labute approximate surface area is 97.6 Å². The van der Waals surface area contributed by atoms with Gasteiger partial charge in [0.2, 0.25) is 11.8 Å². The van der Waals surface area contributed by atoms with Crippen molar-refractivity contribution in [3.8, 4) is 0 Å². The third kappa shape index (κ3) is 4.18. The van der Waals surface area contributed by atoms with Crippen LogP contribution in [0, 0.1) is 0 Å². The van der Waals surface area contributed by atoms with Crippen LogP contribution in [0.3, 0.4) is 0 Å². The Bertz CT molecular complexity index is 252. The average molecular weight is 229 g/mol. The van der Waals surface area contributed by atoms with E-state index in [1.165, 1.54) is 0 Å². The molecule has 0 spiro atoms. The predicted molar refractivity (Wildman–Crippen MR) is 64.1 cm³/mol. The van der Waals surface area contributed by atoms with Crippen LogP contribution < -0.4 is 10.6 Å². The van der Waals surface area contributed by atoms with Crippen LogP contribution in [-0.2, 0) is 9.59 Å². The molecule has 0 unspecified atom stereocenters. The fraction of sp³-hybridized carbons (Fsp3) is 0.818. The fourth-order valence-electron chi connectivity index (χ4n) is 1.26. The van der Waals surface area contributed by atoms with Gasteiger partial charge in [-0.25, -0.2) is 0 Å². The van der Waals surface area contributed by atoms with Gasteiger partial charge in [0.15, 0.2) is 0 Å². The summed E-state index contributed by atoms with van der Waals surface area (Å²) in [5.41, 5.74) is -0.636. The molecular weight excluding hydrogens is 206 g/mol. The molecule has 0 aromatic rings. The van der Waals surface area contributed by atoms with E-state index in [2.05, 4.69) is 10.6 Å². The zero-order valence-corrected chi connectivity index (χ0v) is 10.9. The van der Waals surface area contributed by atoms with Gasteiger partial charge < -0.3 is 15.5 Å². The number of hydrogen-bond donors (Lipinski definition) is 2. The van der Waals surface area contributed by atoms with Crippen molar-refractivity contribution >= 4 is 11.8 Å². The Morgan fingerprint density at radius 2 is 1.81 bits per heavy atom. The second kappa shape index (κ2) is 6.48. The van der Waals surface area contributed by atoms with E-state index in [0.717, 1.165) is 0 Å². The van der Waals surface area contributed by atoms with Crippen molar-refractivity contribution in [1.82, 2.24) is 15.5 Å². The SMILES string of the molecule is CCNC(=O)CN(CC)C(=O)C(C)(C)NC. The van der Waals surface area contributed by atoms with Crippen LogP contribution in [0.25, 0.3) is 0 Å². The van der Waals surface area contributed by atoms with E-state index >= 15 is 0 Å². The van der Waals surface area contributed by atoms with Crippen molar-refractivity contribution in [3.63, 3.8) is 0 Å². The molecule has 0 aliphatic carbocycles. The Morgan fingerprint density at radius 3 is 2.19 bits per heavy atom. The van der Waals surface area contributed by atoms with Gasteiger partial charge in [0.1, 0.15) is 0 Å². The number of hydrogen-bond acceptors (Lipinski definition) is 3. The molecule has 0 fully saturated rings. The molecule has 0 rings (SSSR count). The molecule has 0 atom stereocenters. The lowest BCUT2D eigenvalue weighted by molar-refractivity contribution is -0.140. The number of nitrogens with zero attached hydrogens (tertiary/aromatic N) is 1. The average Bonchev–Trinajstić information content (AvgIpc) is 2.25. The van der Waals surface area contributed by atoms with Gasteiger partial charge in [0.05, 0.1) is 12.1 Å². The fourth-order valence-corrected chi connectivity index (χ4v) is 1.26. The summed E-state index contributed by atoms with van der Waals surface area (Å²) < 4.78 is 0. The molecule has 0 radical (unpaired) electrons. The van der Waals surface area contributed by atoms with Gasteiger partial charge >= 0.3 is 0 Å². The Hall–Kier alpha value is -1.10. The summed E-state index contributed by atoms with van der Waals surface area (Å²) in [6.07, 6.45) is 0. The standard InChI is InChI=1S/C11H23N3O2/c1-6-13-9(15)8-14(7-2)10(16)11(3,4)12-5/h12H,6-8H2,1-5H3,(H,13,15). The molecule has 0 bridgehead atoms. The number of amides is 2. The molecule has 16 heavy (non-hydrogen) atoms. The monoisotopic (exact) mass is 229 g/mol. The summed E-state index contributed by atoms with van der Waals surface area (Å²) in [6.45, 7) is 8.55. The van der Waals surface area contributed by atoms with Crippen molar-refractivity contribution in [2.24, 2.45) is 0 Å². The highest BCUT2D eigenvalue weighted by Gasteiger charge is 2.30. The minimum Gasteiger partial charge on any atom is -0.355 e. The third-order valence-corrected chi connectivity index (χ3v) is 2.54.